The molecule has 2 heterocycles. The van der Waals surface area contributed by atoms with E-state index in [4.69, 9.17) is 23.2 Å². The number of halogens is 2. The summed E-state index contributed by atoms with van der Waals surface area (Å²) >= 11 is 12.3. The molecule has 6 heteroatoms. The van der Waals surface area contributed by atoms with Crippen molar-refractivity contribution in [2.24, 2.45) is 0 Å². The van der Waals surface area contributed by atoms with Gasteiger partial charge in [0, 0.05) is 34.7 Å². The first-order chi connectivity index (χ1) is 11.0. The predicted molar refractivity (Wildman–Crippen MR) is 94.5 cm³/mol. The van der Waals surface area contributed by atoms with E-state index in [9.17, 15) is 0 Å². The molecule has 0 aliphatic carbocycles. The van der Waals surface area contributed by atoms with E-state index in [1.165, 1.54) is 0 Å². The lowest BCUT2D eigenvalue weighted by Crippen LogP contribution is -2.00. The highest BCUT2D eigenvalue weighted by Gasteiger charge is 2.08. The summed E-state index contributed by atoms with van der Waals surface area (Å²) in [6, 6.07) is 9.28. The lowest BCUT2D eigenvalue weighted by molar-refractivity contribution is 1.17. The van der Waals surface area contributed by atoms with Gasteiger partial charge >= 0.3 is 0 Å². The Morgan fingerprint density at radius 1 is 0.913 bits per heavy atom. The largest absolute Gasteiger partial charge is 0.340 e. The number of aryl methyl sites for hydroxylation is 2. The highest BCUT2D eigenvalue weighted by Crippen LogP contribution is 2.28. The van der Waals surface area contributed by atoms with Crippen LogP contribution in [-0.2, 0) is 0 Å². The fourth-order valence-corrected chi connectivity index (χ4v) is 2.57. The maximum absolute atomic E-state index is 6.14. The summed E-state index contributed by atoms with van der Waals surface area (Å²) in [5.74, 6) is 1.17. The van der Waals surface area contributed by atoms with Crippen molar-refractivity contribution in [2.45, 2.75) is 13.8 Å². The topological polar surface area (TPSA) is 50.7 Å². The standard InChI is InChI=1S/C17H14Cl2N4/c1-10-8-14(11(2)7-13(10)18)21-16-9-15(19)22-17(23-16)12-3-5-20-6-4-12/h3-9H,1-2H3,(H,21,22,23). The predicted octanol–water partition coefficient (Wildman–Crippen LogP) is 5.21. The van der Waals surface area contributed by atoms with Crippen LogP contribution in [0.2, 0.25) is 10.2 Å². The van der Waals surface area contributed by atoms with Gasteiger partial charge in [0.1, 0.15) is 11.0 Å². The minimum absolute atomic E-state index is 0.373. The van der Waals surface area contributed by atoms with Crippen LogP contribution >= 0.6 is 23.2 Å². The first-order valence-electron chi connectivity index (χ1n) is 7.01. The molecule has 116 valence electrons. The number of hydrogen-bond donors (Lipinski definition) is 1. The first kappa shape index (κ1) is 15.7. The van der Waals surface area contributed by atoms with Crippen LogP contribution in [-0.4, -0.2) is 15.0 Å². The van der Waals surface area contributed by atoms with Gasteiger partial charge in [0.25, 0.3) is 0 Å². The molecule has 0 amide bonds. The average molecular weight is 345 g/mol. The van der Waals surface area contributed by atoms with Gasteiger partial charge in [0.2, 0.25) is 0 Å². The van der Waals surface area contributed by atoms with E-state index in [0.29, 0.717) is 16.8 Å². The van der Waals surface area contributed by atoms with Crippen molar-refractivity contribution in [3.05, 3.63) is 64.0 Å². The number of nitrogens with zero attached hydrogens (tertiary/aromatic N) is 3. The molecule has 2 aromatic heterocycles. The smallest absolute Gasteiger partial charge is 0.163 e. The van der Waals surface area contributed by atoms with Crippen molar-refractivity contribution >= 4 is 34.7 Å². The number of hydrogen-bond acceptors (Lipinski definition) is 4. The molecule has 0 radical (unpaired) electrons. The van der Waals surface area contributed by atoms with Crippen LogP contribution in [0.1, 0.15) is 11.1 Å². The van der Waals surface area contributed by atoms with Gasteiger partial charge in [-0.05, 0) is 49.2 Å². The Balaban J connectivity index is 1.98. The highest BCUT2D eigenvalue weighted by molar-refractivity contribution is 6.31. The number of nitrogens with one attached hydrogen (secondary N) is 1. The number of anilines is 2. The van der Waals surface area contributed by atoms with Crippen LogP contribution in [0, 0.1) is 13.8 Å². The Bertz CT molecular complexity index is 851. The Kier molecular flexibility index (Phi) is 4.46. The van der Waals surface area contributed by atoms with E-state index in [2.05, 4.69) is 20.3 Å². The van der Waals surface area contributed by atoms with Crippen LogP contribution in [0.4, 0.5) is 11.5 Å². The molecule has 0 aliphatic rings. The molecule has 0 atom stereocenters. The fourth-order valence-electron chi connectivity index (χ4n) is 2.17. The number of aromatic nitrogens is 3. The molecular weight excluding hydrogens is 331 g/mol. The van der Waals surface area contributed by atoms with Crippen molar-refractivity contribution in [3.8, 4) is 11.4 Å². The SMILES string of the molecule is Cc1cc(Nc2cc(Cl)nc(-c3ccncc3)n2)c(C)cc1Cl. The van der Waals surface area contributed by atoms with E-state index >= 15 is 0 Å². The second kappa shape index (κ2) is 6.52. The Morgan fingerprint density at radius 3 is 2.39 bits per heavy atom. The maximum atomic E-state index is 6.14. The molecule has 0 aliphatic heterocycles. The molecule has 0 spiro atoms. The lowest BCUT2D eigenvalue weighted by Gasteiger charge is -2.12. The second-order valence-corrected chi connectivity index (χ2v) is 5.97. The molecule has 4 nitrogen and oxygen atoms in total. The van der Waals surface area contributed by atoms with Gasteiger partial charge in [0.15, 0.2) is 5.82 Å². The molecule has 3 rings (SSSR count). The summed E-state index contributed by atoms with van der Waals surface area (Å²) < 4.78 is 0. The van der Waals surface area contributed by atoms with E-state index in [1.807, 2.05) is 38.1 Å². The van der Waals surface area contributed by atoms with Crippen molar-refractivity contribution in [1.82, 2.24) is 15.0 Å². The molecule has 1 N–H and O–H groups in total. The van der Waals surface area contributed by atoms with E-state index in [1.54, 1.807) is 18.5 Å². The highest BCUT2D eigenvalue weighted by atomic mass is 35.5. The molecule has 1 aromatic carbocycles. The first-order valence-corrected chi connectivity index (χ1v) is 7.77. The molecule has 23 heavy (non-hydrogen) atoms. The van der Waals surface area contributed by atoms with Crippen molar-refractivity contribution in [2.75, 3.05) is 5.32 Å². The van der Waals surface area contributed by atoms with Gasteiger partial charge in [0.05, 0.1) is 0 Å². The minimum atomic E-state index is 0.373. The zero-order valence-corrected chi connectivity index (χ0v) is 14.2. The van der Waals surface area contributed by atoms with Gasteiger partial charge < -0.3 is 5.32 Å². The quantitative estimate of drug-likeness (QED) is 0.663. The fraction of sp³-hybridized carbons (Fsp3) is 0.118. The third-order valence-electron chi connectivity index (χ3n) is 3.40. The summed E-state index contributed by atoms with van der Waals surface area (Å²) in [6.45, 7) is 3.95. The maximum Gasteiger partial charge on any atom is 0.163 e. The third kappa shape index (κ3) is 3.60. The van der Waals surface area contributed by atoms with Crippen molar-refractivity contribution in [1.29, 1.82) is 0 Å². The summed E-state index contributed by atoms with van der Waals surface area (Å²) in [4.78, 5) is 12.8. The zero-order chi connectivity index (χ0) is 16.4. The zero-order valence-electron chi connectivity index (χ0n) is 12.6. The second-order valence-electron chi connectivity index (χ2n) is 5.18. The molecule has 0 bridgehead atoms. The van der Waals surface area contributed by atoms with Gasteiger partial charge in [-0.1, -0.05) is 23.2 Å². The van der Waals surface area contributed by atoms with Crippen molar-refractivity contribution in [3.63, 3.8) is 0 Å². The van der Waals surface area contributed by atoms with Gasteiger partial charge in [-0.25, -0.2) is 9.97 Å². The average Bonchev–Trinajstić information content (AvgIpc) is 2.53. The van der Waals surface area contributed by atoms with Crippen LogP contribution in [0.25, 0.3) is 11.4 Å². The van der Waals surface area contributed by atoms with Crippen LogP contribution in [0.3, 0.4) is 0 Å². The Hall–Kier alpha value is -2.17. The molecule has 3 aromatic rings. The van der Waals surface area contributed by atoms with E-state index in [-0.39, 0.29) is 0 Å². The normalized spacial score (nSPS) is 10.6. The van der Waals surface area contributed by atoms with Gasteiger partial charge in [-0.2, -0.15) is 0 Å². The summed E-state index contributed by atoms with van der Waals surface area (Å²) in [7, 11) is 0. The molecular formula is C17H14Cl2N4. The van der Waals surface area contributed by atoms with Gasteiger partial charge in [-0.3, -0.25) is 4.98 Å². The molecule has 0 fully saturated rings. The number of rotatable bonds is 3. The number of benzene rings is 1. The summed E-state index contributed by atoms with van der Waals surface area (Å²) in [5.41, 5.74) is 3.81. The minimum Gasteiger partial charge on any atom is -0.340 e. The Morgan fingerprint density at radius 2 is 1.65 bits per heavy atom. The monoisotopic (exact) mass is 344 g/mol. The van der Waals surface area contributed by atoms with E-state index in [0.717, 1.165) is 27.4 Å². The third-order valence-corrected chi connectivity index (χ3v) is 4.00. The number of pyridine rings is 1. The molecule has 0 saturated carbocycles. The Labute approximate surface area is 144 Å². The van der Waals surface area contributed by atoms with Crippen LogP contribution in [0.15, 0.2) is 42.7 Å². The summed E-state index contributed by atoms with van der Waals surface area (Å²) in [5, 5.41) is 4.40. The van der Waals surface area contributed by atoms with E-state index < -0.39 is 0 Å². The van der Waals surface area contributed by atoms with Crippen molar-refractivity contribution < 1.29 is 0 Å². The summed E-state index contributed by atoms with van der Waals surface area (Å²) in [6.07, 6.45) is 3.39. The van der Waals surface area contributed by atoms with Gasteiger partial charge in [-0.15, -0.1) is 0 Å². The van der Waals surface area contributed by atoms with Crippen LogP contribution in [0.5, 0.6) is 0 Å². The molecule has 0 unspecified atom stereocenters. The van der Waals surface area contributed by atoms with Crippen LogP contribution < -0.4 is 5.32 Å². The lowest BCUT2D eigenvalue weighted by atomic mass is 10.1. The molecule has 0 saturated heterocycles.